The van der Waals surface area contributed by atoms with Gasteiger partial charge in [-0.05, 0) is 31.6 Å². The van der Waals surface area contributed by atoms with Crippen LogP contribution in [0.4, 0.5) is 5.69 Å². The number of hydrazine groups is 1. The molecule has 1 amide bonds. The Morgan fingerprint density at radius 2 is 2.21 bits per heavy atom. The Labute approximate surface area is 114 Å². The third-order valence-corrected chi connectivity index (χ3v) is 2.86. The number of likely N-dealkylation sites (N-methyl/N-ethyl adjacent to an activating group) is 1. The zero-order chi connectivity index (χ0) is 14.1. The second kappa shape index (κ2) is 8.44. The molecule has 0 aliphatic heterocycles. The summed E-state index contributed by atoms with van der Waals surface area (Å²) in [6.45, 7) is 7.79. The van der Waals surface area contributed by atoms with Gasteiger partial charge in [-0.2, -0.15) is 0 Å². The first-order valence-electron chi connectivity index (χ1n) is 6.64. The molecule has 0 fully saturated rings. The molecular weight excluding hydrogens is 242 g/mol. The molecule has 0 spiro atoms. The predicted octanol–water partition coefficient (Wildman–Crippen LogP) is 0.829. The number of anilines is 1. The second-order valence-corrected chi connectivity index (χ2v) is 4.26. The quantitative estimate of drug-likeness (QED) is 0.479. The third kappa shape index (κ3) is 5.23. The van der Waals surface area contributed by atoms with Gasteiger partial charge in [-0.15, -0.1) is 0 Å². The van der Waals surface area contributed by atoms with Crippen LogP contribution in [0.2, 0.25) is 0 Å². The summed E-state index contributed by atoms with van der Waals surface area (Å²) in [6, 6.07) is 3.33. The molecule has 0 aliphatic carbocycles. The van der Waals surface area contributed by atoms with Gasteiger partial charge in [0.05, 0.1) is 5.69 Å². The van der Waals surface area contributed by atoms with Crippen LogP contribution in [0.15, 0.2) is 18.3 Å². The van der Waals surface area contributed by atoms with Crippen molar-refractivity contribution < 1.29 is 4.79 Å². The van der Waals surface area contributed by atoms with Crippen LogP contribution in [0.5, 0.6) is 0 Å². The highest BCUT2D eigenvalue weighted by Crippen LogP contribution is 2.05. The van der Waals surface area contributed by atoms with Crippen LogP contribution in [-0.4, -0.2) is 42.0 Å². The normalized spacial score (nSPS) is 10.5. The molecule has 4 N–H and O–H groups in total. The number of amides is 1. The van der Waals surface area contributed by atoms with Gasteiger partial charge in [0.2, 0.25) is 0 Å². The molecule has 0 aromatic carbocycles. The van der Waals surface area contributed by atoms with E-state index in [4.69, 9.17) is 5.84 Å². The van der Waals surface area contributed by atoms with Gasteiger partial charge < -0.3 is 15.6 Å². The molecule has 1 heterocycles. The molecule has 6 nitrogen and oxygen atoms in total. The topological polar surface area (TPSA) is 83.3 Å². The summed E-state index contributed by atoms with van der Waals surface area (Å²) in [5, 5.41) is 2.86. The average molecular weight is 265 g/mol. The minimum atomic E-state index is -0.176. The lowest BCUT2D eigenvalue weighted by atomic mass is 10.3. The first-order valence-corrected chi connectivity index (χ1v) is 6.64. The lowest BCUT2D eigenvalue weighted by Crippen LogP contribution is -2.35. The predicted molar refractivity (Wildman–Crippen MR) is 76.8 cm³/mol. The van der Waals surface area contributed by atoms with Crippen LogP contribution in [0.25, 0.3) is 0 Å². The van der Waals surface area contributed by atoms with E-state index in [1.54, 1.807) is 18.3 Å². The number of nitrogen functional groups attached to an aromatic ring is 1. The zero-order valence-electron chi connectivity index (χ0n) is 11.6. The number of aromatic nitrogens is 1. The van der Waals surface area contributed by atoms with Crippen molar-refractivity contribution in [2.24, 2.45) is 5.84 Å². The Kier molecular flexibility index (Phi) is 6.84. The van der Waals surface area contributed by atoms with Crippen LogP contribution in [0.1, 0.15) is 30.8 Å². The van der Waals surface area contributed by atoms with Gasteiger partial charge in [-0.1, -0.05) is 13.8 Å². The highest BCUT2D eigenvalue weighted by Gasteiger charge is 2.08. The Bertz CT molecular complexity index is 396. The Morgan fingerprint density at radius 3 is 2.84 bits per heavy atom. The van der Waals surface area contributed by atoms with E-state index in [1.165, 1.54) is 0 Å². The monoisotopic (exact) mass is 265 g/mol. The summed E-state index contributed by atoms with van der Waals surface area (Å²) in [7, 11) is 0. The van der Waals surface area contributed by atoms with Crippen molar-refractivity contribution in [2.75, 3.05) is 31.6 Å². The molecule has 106 valence electrons. The number of nitrogens with one attached hydrogen (secondary N) is 2. The van der Waals surface area contributed by atoms with Gasteiger partial charge >= 0.3 is 0 Å². The standard InChI is InChI=1S/C13H23N5O/c1-3-8-18(4-2)9-7-16-13(19)12-10-11(17-14)5-6-15-12/h5-6,10H,3-4,7-9,14H2,1-2H3,(H,15,17)(H,16,19). The summed E-state index contributed by atoms with van der Waals surface area (Å²) in [5.74, 6) is 5.12. The van der Waals surface area contributed by atoms with Gasteiger partial charge in [0.25, 0.3) is 5.91 Å². The number of rotatable bonds is 8. The number of pyridine rings is 1. The van der Waals surface area contributed by atoms with E-state index in [-0.39, 0.29) is 5.91 Å². The number of nitrogens with zero attached hydrogens (tertiary/aromatic N) is 2. The van der Waals surface area contributed by atoms with Crippen molar-refractivity contribution in [3.05, 3.63) is 24.0 Å². The third-order valence-electron chi connectivity index (χ3n) is 2.86. The van der Waals surface area contributed by atoms with Gasteiger partial charge in [-0.25, -0.2) is 0 Å². The minimum absolute atomic E-state index is 0.176. The lowest BCUT2D eigenvalue weighted by Gasteiger charge is -2.19. The fourth-order valence-corrected chi connectivity index (χ4v) is 1.81. The smallest absolute Gasteiger partial charge is 0.269 e. The summed E-state index contributed by atoms with van der Waals surface area (Å²) in [6.07, 6.45) is 2.67. The number of nitrogens with two attached hydrogens (primary N) is 1. The molecule has 19 heavy (non-hydrogen) atoms. The maximum Gasteiger partial charge on any atom is 0.269 e. The highest BCUT2D eigenvalue weighted by atomic mass is 16.1. The fourth-order valence-electron chi connectivity index (χ4n) is 1.81. The van der Waals surface area contributed by atoms with Crippen LogP contribution >= 0.6 is 0 Å². The SMILES string of the molecule is CCCN(CC)CCNC(=O)c1cc(NN)ccn1. The molecule has 0 aliphatic rings. The van der Waals surface area contributed by atoms with E-state index >= 15 is 0 Å². The number of carbonyl (C=O) groups excluding carboxylic acids is 1. The van der Waals surface area contributed by atoms with E-state index in [0.717, 1.165) is 26.1 Å². The first-order chi connectivity index (χ1) is 9.21. The van der Waals surface area contributed by atoms with E-state index in [1.807, 2.05) is 0 Å². The lowest BCUT2D eigenvalue weighted by molar-refractivity contribution is 0.0943. The molecule has 0 atom stereocenters. The first kappa shape index (κ1) is 15.4. The maximum atomic E-state index is 11.9. The average Bonchev–Trinajstić information content (AvgIpc) is 2.46. The molecule has 0 saturated carbocycles. The summed E-state index contributed by atoms with van der Waals surface area (Å²) < 4.78 is 0. The van der Waals surface area contributed by atoms with Crippen LogP contribution < -0.4 is 16.6 Å². The number of hydrogen-bond donors (Lipinski definition) is 3. The second-order valence-electron chi connectivity index (χ2n) is 4.26. The molecule has 1 aromatic rings. The Morgan fingerprint density at radius 1 is 1.42 bits per heavy atom. The van der Waals surface area contributed by atoms with E-state index in [2.05, 4.69) is 34.5 Å². The highest BCUT2D eigenvalue weighted by molar-refractivity contribution is 5.93. The zero-order valence-corrected chi connectivity index (χ0v) is 11.6. The van der Waals surface area contributed by atoms with Gasteiger partial charge in [0.15, 0.2) is 0 Å². The Hall–Kier alpha value is -1.66. The minimum Gasteiger partial charge on any atom is -0.349 e. The molecule has 6 heteroatoms. The summed E-state index contributed by atoms with van der Waals surface area (Å²) in [4.78, 5) is 18.2. The van der Waals surface area contributed by atoms with Crippen molar-refractivity contribution in [1.29, 1.82) is 0 Å². The molecule has 0 saturated heterocycles. The van der Waals surface area contributed by atoms with E-state index < -0.39 is 0 Å². The Balaban J connectivity index is 2.42. The van der Waals surface area contributed by atoms with Crippen LogP contribution in [0.3, 0.4) is 0 Å². The van der Waals surface area contributed by atoms with Gasteiger partial charge in [0.1, 0.15) is 5.69 Å². The molecule has 0 radical (unpaired) electrons. The molecular formula is C13H23N5O. The van der Waals surface area contributed by atoms with Gasteiger partial charge in [-0.3, -0.25) is 15.6 Å². The molecule has 0 unspecified atom stereocenters. The van der Waals surface area contributed by atoms with Crippen molar-refractivity contribution in [1.82, 2.24) is 15.2 Å². The van der Waals surface area contributed by atoms with Crippen molar-refractivity contribution in [2.45, 2.75) is 20.3 Å². The fraction of sp³-hybridized carbons (Fsp3) is 0.538. The van der Waals surface area contributed by atoms with E-state index in [0.29, 0.717) is 17.9 Å². The molecule has 1 rings (SSSR count). The largest absolute Gasteiger partial charge is 0.349 e. The number of carbonyl (C=O) groups is 1. The van der Waals surface area contributed by atoms with E-state index in [9.17, 15) is 4.79 Å². The summed E-state index contributed by atoms with van der Waals surface area (Å²) >= 11 is 0. The molecule has 1 aromatic heterocycles. The van der Waals surface area contributed by atoms with Crippen molar-refractivity contribution in [3.8, 4) is 0 Å². The van der Waals surface area contributed by atoms with Crippen molar-refractivity contribution in [3.63, 3.8) is 0 Å². The van der Waals surface area contributed by atoms with Crippen LogP contribution in [0, 0.1) is 0 Å². The van der Waals surface area contributed by atoms with Crippen molar-refractivity contribution >= 4 is 11.6 Å². The maximum absolute atomic E-state index is 11.9. The number of hydrogen-bond acceptors (Lipinski definition) is 5. The molecule has 0 bridgehead atoms. The van der Waals surface area contributed by atoms with Gasteiger partial charge in [0, 0.05) is 19.3 Å². The summed E-state index contributed by atoms with van der Waals surface area (Å²) in [5.41, 5.74) is 3.53. The van der Waals surface area contributed by atoms with Crippen LogP contribution in [-0.2, 0) is 0 Å².